The summed E-state index contributed by atoms with van der Waals surface area (Å²) in [5.74, 6) is 0. The van der Waals surface area contributed by atoms with Gasteiger partial charge in [-0.1, -0.05) is 166 Å². The standard InChI is InChI=1S/C62H46N3P/c1-63-57-21-9-3-15-45(57)39-54(51-18-6-11-23-59(51)63)42-27-33-48(34-28-42)65(50-37-31-44(32-38-50)56-41-47-17-5-13-25-61(47)66-62-26-14-8-20-53(56)62)49-35-29-43(30-36-49)55-40-46-16-4-10-22-58(46)64(2)60-24-12-7-19-52(55)60/h3-41,66H,1-2H3. The Morgan fingerprint density at radius 3 is 1.11 bits per heavy atom. The molecule has 0 bridgehead atoms. The van der Waals surface area contributed by atoms with E-state index in [2.05, 4.69) is 265 Å². The van der Waals surface area contributed by atoms with Crippen LogP contribution in [0.1, 0.15) is 50.1 Å². The Kier molecular flexibility index (Phi) is 9.93. The lowest BCUT2D eigenvalue weighted by Gasteiger charge is -2.27. The van der Waals surface area contributed by atoms with E-state index in [1.165, 1.54) is 100 Å². The van der Waals surface area contributed by atoms with Crippen molar-refractivity contribution in [3.8, 4) is 0 Å². The molecular formula is C62H46N3P. The van der Waals surface area contributed by atoms with E-state index in [4.69, 9.17) is 0 Å². The molecule has 1 unspecified atom stereocenters. The van der Waals surface area contributed by atoms with Crippen LogP contribution >= 0.6 is 8.58 Å². The number of anilines is 7. The maximum absolute atomic E-state index is 2.39. The Labute approximate surface area is 389 Å². The SMILES string of the molecule is CN1c2ccccc2C=C(c2ccc(N(c3ccc(C4=Cc5ccccc5Pc5ccccc54)cc3)c3ccc(C4=Cc5ccccc5N(C)c5ccccc54)cc3)cc2)c2ccccc21. The van der Waals surface area contributed by atoms with Crippen LogP contribution in [0.15, 0.2) is 218 Å². The van der Waals surface area contributed by atoms with E-state index in [-0.39, 0.29) is 0 Å². The predicted octanol–water partition coefficient (Wildman–Crippen LogP) is 15.0. The van der Waals surface area contributed by atoms with Crippen LogP contribution in [-0.2, 0) is 0 Å². The number of hydrogen-bond acceptors (Lipinski definition) is 3. The lowest BCUT2D eigenvalue weighted by atomic mass is 9.94. The first-order chi connectivity index (χ1) is 32.6. The van der Waals surface area contributed by atoms with Gasteiger partial charge in [0.1, 0.15) is 0 Å². The highest BCUT2D eigenvalue weighted by molar-refractivity contribution is 7.56. The molecule has 314 valence electrons. The van der Waals surface area contributed by atoms with Gasteiger partial charge in [-0.3, -0.25) is 0 Å². The topological polar surface area (TPSA) is 9.72 Å². The summed E-state index contributed by atoms with van der Waals surface area (Å²) < 4.78 is 0. The molecule has 3 nitrogen and oxygen atoms in total. The summed E-state index contributed by atoms with van der Waals surface area (Å²) in [6, 6.07) is 79.9. The number of fused-ring (bicyclic) bond motifs is 6. The largest absolute Gasteiger partial charge is 0.344 e. The molecule has 3 aliphatic heterocycles. The lowest BCUT2D eigenvalue weighted by Crippen LogP contribution is -2.11. The third-order valence-corrected chi connectivity index (χ3v) is 14.8. The Bertz CT molecular complexity index is 3260. The van der Waals surface area contributed by atoms with Crippen molar-refractivity contribution in [1.82, 2.24) is 0 Å². The van der Waals surface area contributed by atoms with E-state index < -0.39 is 0 Å². The van der Waals surface area contributed by atoms with Gasteiger partial charge >= 0.3 is 0 Å². The molecule has 3 heterocycles. The second-order valence-corrected chi connectivity index (χ2v) is 18.5. The normalized spacial score (nSPS) is 13.8. The second kappa shape index (κ2) is 16.5. The molecule has 9 aromatic rings. The van der Waals surface area contributed by atoms with Crippen LogP contribution in [0.25, 0.3) is 34.9 Å². The maximum atomic E-state index is 2.39. The quantitative estimate of drug-likeness (QED) is 0.154. The van der Waals surface area contributed by atoms with E-state index >= 15 is 0 Å². The fraction of sp³-hybridized carbons (Fsp3) is 0.0323. The second-order valence-electron chi connectivity index (χ2n) is 17.2. The molecule has 0 aromatic heterocycles. The van der Waals surface area contributed by atoms with Crippen molar-refractivity contribution in [3.05, 3.63) is 268 Å². The van der Waals surface area contributed by atoms with Gasteiger partial charge in [-0.15, -0.1) is 0 Å². The van der Waals surface area contributed by atoms with Crippen molar-refractivity contribution >= 4 is 93.9 Å². The predicted molar refractivity (Wildman–Crippen MR) is 284 cm³/mol. The monoisotopic (exact) mass is 863 g/mol. The average Bonchev–Trinajstić information content (AvgIpc) is 3.69. The maximum Gasteiger partial charge on any atom is 0.0488 e. The summed E-state index contributed by atoms with van der Waals surface area (Å²) in [6.45, 7) is 0. The minimum atomic E-state index is 0.610. The van der Waals surface area contributed by atoms with Crippen LogP contribution in [0.3, 0.4) is 0 Å². The highest BCUT2D eigenvalue weighted by Gasteiger charge is 2.24. The molecule has 0 saturated heterocycles. The first-order valence-corrected chi connectivity index (χ1v) is 23.6. The molecule has 66 heavy (non-hydrogen) atoms. The fourth-order valence-electron chi connectivity index (χ4n) is 10.0. The smallest absolute Gasteiger partial charge is 0.0488 e. The van der Waals surface area contributed by atoms with Crippen molar-refractivity contribution in [3.63, 3.8) is 0 Å². The summed E-state index contributed by atoms with van der Waals surface area (Å²) in [5, 5.41) is 2.76. The summed E-state index contributed by atoms with van der Waals surface area (Å²) in [7, 11) is 4.94. The summed E-state index contributed by atoms with van der Waals surface area (Å²) in [4.78, 5) is 7.00. The van der Waals surface area contributed by atoms with Crippen molar-refractivity contribution < 1.29 is 0 Å². The highest BCUT2D eigenvalue weighted by atomic mass is 31.1. The average molecular weight is 864 g/mol. The van der Waals surface area contributed by atoms with E-state index in [9.17, 15) is 0 Å². The number of hydrogen-bond donors (Lipinski definition) is 0. The number of nitrogens with zero attached hydrogens (tertiary/aromatic N) is 3. The first kappa shape index (κ1) is 39.6. The van der Waals surface area contributed by atoms with Gasteiger partial charge in [0.25, 0.3) is 0 Å². The Balaban J connectivity index is 0.968. The van der Waals surface area contributed by atoms with Gasteiger partial charge < -0.3 is 14.7 Å². The summed E-state index contributed by atoms with van der Waals surface area (Å²) >= 11 is 0. The third kappa shape index (κ3) is 6.97. The van der Waals surface area contributed by atoms with Gasteiger partial charge in [-0.2, -0.15) is 0 Å². The van der Waals surface area contributed by atoms with Crippen LogP contribution in [0.5, 0.6) is 0 Å². The number of para-hydroxylation sites is 4. The van der Waals surface area contributed by atoms with Crippen molar-refractivity contribution in [2.45, 2.75) is 0 Å². The van der Waals surface area contributed by atoms with Gasteiger partial charge in [0, 0.05) is 65.0 Å². The first-order valence-electron chi connectivity index (χ1n) is 22.6. The van der Waals surface area contributed by atoms with Crippen LogP contribution in [0.2, 0.25) is 0 Å². The van der Waals surface area contributed by atoms with Crippen LogP contribution in [-0.4, -0.2) is 14.1 Å². The molecule has 9 aromatic carbocycles. The Hall–Kier alpha value is -7.97. The molecule has 0 N–H and O–H groups in total. The van der Waals surface area contributed by atoms with Crippen molar-refractivity contribution in [1.29, 1.82) is 0 Å². The van der Waals surface area contributed by atoms with Crippen LogP contribution < -0.4 is 25.3 Å². The molecule has 12 rings (SSSR count). The Morgan fingerprint density at radius 1 is 0.303 bits per heavy atom. The van der Waals surface area contributed by atoms with E-state index in [0.29, 0.717) is 8.58 Å². The zero-order valence-corrected chi connectivity index (χ0v) is 37.9. The lowest BCUT2D eigenvalue weighted by molar-refractivity contribution is 1.20. The molecule has 4 heteroatoms. The van der Waals surface area contributed by atoms with E-state index in [0.717, 1.165) is 17.1 Å². The minimum Gasteiger partial charge on any atom is -0.344 e. The van der Waals surface area contributed by atoms with Crippen molar-refractivity contribution in [2.75, 3.05) is 28.8 Å². The molecule has 0 aliphatic carbocycles. The van der Waals surface area contributed by atoms with Gasteiger partial charge in [0.05, 0.1) is 0 Å². The molecule has 3 aliphatic rings. The molecule has 0 amide bonds. The van der Waals surface area contributed by atoms with Crippen LogP contribution in [0.4, 0.5) is 39.8 Å². The van der Waals surface area contributed by atoms with E-state index in [1.54, 1.807) is 0 Å². The van der Waals surface area contributed by atoms with Gasteiger partial charge in [-0.25, -0.2) is 0 Å². The van der Waals surface area contributed by atoms with Gasteiger partial charge in [0.2, 0.25) is 0 Å². The zero-order chi connectivity index (χ0) is 44.1. The van der Waals surface area contributed by atoms with Crippen molar-refractivity contribution in [2.24, 2.45) is 0 Å². The van der Waals surface area contributed by atoms with E-state index in [1.807, 2.05) is 0 Å². The third-order valence-electron chi connectivity index (χ3n) is 13.4. The number of benzene rings is 9. The number of rotatable bonds is 6. The fourth-order valence-corrected chi connectivity index (χ4v) is 11.3. The zero-order valence-electron chi connectivity index (χ0n) is 36.9. The van der Waals surface area contributed by atoms with Gasteiger partial charge in [0.15, 0.2) is 0 Å². The molecule has 0 radical (unpaired) electrons. The molecular weight excluding hydrogens is 818 g/mol. The Morgan fingerprint density at radius 2 is 0.636 bits per heavy atom. The molecule has 0 spiro atoms. The summed E-state index contributed by atoms with van der Waals surface area (Å²) in [5.41, 5.74) is 22.7. The highest BCUT2D eigenvalue weighted by Crippen LogP contribution is 2.45. The van der Waals surface area contributed by atoms with Gasteiger partial charge in [-0.05, 0) is 145 Å². The van der Waals surface area contributed by atoms with Crippen LogP contribution in [0, 0.1) is 0 Å². The summed E-state index contributed by atoms with van der Waals surface area (Å²) in [6.07, 6.45) is 7.07. The molecule has 1 atom stereocenters. The minimum absolute atomic E-state index is 0.610. The molecule has 0 saturated carbocycles. The molecule has 0 fully saturated rings.